The van der Waals surface area contributed by atoms with Gasteiger partial charge in [-0.2, -0.15) is 5.10 Å². The Kier molecular flexibility index (Phi) is 3.47. The Morgan fingerprint density at radius 2 is 1.94 bits per heavy atom. The van der Waals surface area contributed by atoms with E-state index < -0.39 is 0 Å². The minimum atomic E-state index is -0.0917. The zero-order valence-corrected chi connectivity index (χ0v) is 11.3. The molecule has 0 saturated carbocycles. The molecule has 0 radical (unpaired) electrons. The summed E-state index contributed by atoms with van der Waals surface area (Å²) in [5, 5.41) is 12.6. The molecule has 1 atom stereocenters. The lowest BCUT2D eigenvalue weighted by Gasteiger charge is -2.10. The SMILES string of the molecule is CC(C)C(N)c1cn(-c2ccn(C(C)C)n2)nn1. The van der Waals surface area contributed by atoms with Crippen molar-refractivity contribution in [3.8, 4) is 5.82 Å². The van der Waals surface area contributed by atoms with Crippen molar-refractivity contribution in [1.82, 2.24) is 24.8 Å². The average Bonchev–Trinajstić information content (AvgIpc) is 2.96. The van der Waals surface area contributed by atoms with Gasteiger partial charge in [-0.05, 0) is 19.8 Å². The van der Waals surface area contributed by atoms with E-state index in [4.69, 9.17) is 5.73 Å². The van der Waals surface area contributed by atoms with Crippen molar-refractivity contribution in [2.75, 3.05) is 0 Å². The molecule has 1 unspecified atom stereocenters. The highest BCUT2D eigenvalue weighted by Crippen LogP contribution is 2.17. The lowest BCUT2D eigenvalue weighted by molar-refractivity contribution is 0.502. The van der Waals surface area contributed by atoms with Gasteiger partial charge in [0, 0.05) is 18.3 Å². The monoisotopic (exact) mass is 248 g/mol. The molecule has 0 bridgehead atoms. The highest BCUT2D eigenvalue weighted by Gasteiger charge is 2.15. The smallest absolute Gasteiger partial charge is 0.176 e. The van der Waals surface area contributed by atoms with E-state index in [0.29, 0.717) is 12.0 Å². The van der Waals surface area contributed by atoms with Crippen LogP contribution < -0.4 is 5.73 Å². The van der Waals surface area contributed by atoms with Gasteiger partial charge in [-0.3, -0.25) is 4.68 Å². The van der Waals surface area contributed by atoms with Crippen LogP contribution in [-0.2, 0) is 0 Å². The first-order chi connectivity index (χ1) is 8.49. The van der Waals surface area contributed by atoms with E-state index in [-0.39, 0.29) is 6.04 Å². The molecule has 18 heavy (non-hydrogen) atoms. The highest BCUT2D eigenvalue weighted by molar-refractivity contribution is 5.19. The van der Waals surface area contributed by atoms with Gasteiger partial charge in [0.2, 0.25) is 0 Å². The number of rotatable bonds is 4. The first-order valence-corrected chi connectivity index (χ1v) is 6.22. The van der Waals surface area contributed by atoms with Crippen molar-refractivity contribution in [3.05, 3.63) is 24.2 Å². The number of aromatic nitrogens is 5. The number of nitrogens with two attached hydrogens (primary N) is 1. The van der Waals surface area contributed by atoms with Crippen LogP contribution in [-0.4, -0.2) is 24.8 Å². The fourth-order valence-corrected chi connectivity index (χ4v) is 1.62. The van der Waals surface area contributed by atoms with Crippen molar-refractivity contribution < 1.29 is 0 Å². The number of hydrogen-bond donors (Lipinski definition) is 1. The van der Waals surface area contributed by atoms with E-state index in [1.807, 2.05) is 23.1 Å². The molecular formula is C12H20N6. The molecule has 0 aliphatic rings. The standard InChI is InChI=1S/C12H20N6/c1-8(2)12(13)10-7-18(16-14-10)11-5-6-17(15-11)9(3)4/h5-9,12H,13H2,1-4H3. The highest BCUT2D eigenvalue weighted by atomic mass is 15.5. The Morgan fingerprint density at radius 3 is 2.50 bits per heavy atom. The summed E-state index contributed by atoms with van der Waals surface area (Å²) in [7, 11) is 0. The van der Waals surface area contributed by atoms with Crippen LogP contribution in [0.2, 0.25) is 0 Å². The molecule has 0 aromatic carbocycles. The molecule has 2 N–H and O–H groups in total. The lowest BCUT2D eigenvalue weighted by atomic mass is 10.0. The molecule has 2 rings (SSSR count). The molecule has 98 valence electrons. The van der Waals surface area contributed by atoms with Gasteiger partial charge in [0.05, 0.1) is 12.2 Å². The molecule has 6 heteroatoms. The van der Waals surface area contributed by atoms with Gasteiger partial charge < -0.3 is 5.73 Å². The maximum Gasteiger partial charge on any atom is 0.176 e. The van der Waals surface area contributed by atoms with Gasteiger partial charge in [0.1, 0.15) is 5.69 Å². The van der Waals surface area contributed by atoms with Crippen LogP contribution in [0.5, 0.6) is 0 Å². The zero-order chi connectivity index (χ0) is 13.3. The van der Waals surface area contributed by atoms with Gasteiger partial charge in [0.15, 0.2) is 5.82 Å². The largest absolute Gasteiger partial charge is 0.322 e. The minimum Gasteiger partial charge on any atom is -0.322 e. The third kappa shape index (κ3) is 2.43. The van der Waals surface area contributed by atoms with Gasteiger partial charge >= 0.3 is 0 Å². The minimum absolute atomic E-state index is 0.0917. The van der Waals surface area contributed by atoms with Crippen LogP contribution >= 0.6 is 0 Å². The van der Waals surface area contributed by atoms with Crippen LogP contribution in [0.25, 0.3) is 5.82 Å². The molecule has 2 aromatic rings. The van der Waals surface area contributed by atoms with Crippen LogP contribution in [0.3, 0.4) is 0 Å². The molecule has 2 aromatic heterocycles. The molecule has 2 heterocycles. The van der Waals surface area contributed by atoms with Crippen molar-refractivity contribution in [1.29, 1.82) is 0 Å². The molecule has 0 aliphatic heterocycles. The molecule has 0 fully saturated rings. The summed E-state index contributed by atoms with van der Waals surface area (Å²) < 4.78 is 3.55. The second-order valence-corrected chi connectivity index (χ2v) is 5.11. The molecule has 0 amide bonds. The van der Waals surface area contributed by atoms with E-state index in [2.05, 4.69) is 43.1 Å². The van der Waals surface area contributed by atoms with Crippen molar-refractivity contribution in [3.63, 3.8) is 0 Å². The second-order valence-electron chi connectivity index (χ2n) is 5.11. The van der Waals surface area contributed by atoms with Crippen LogP contribution in [0.15, 0.2) is 18.5 Å². The van der Waals surface area contributed by atoms with Crippen molar-refractivity contribution in [2.45, 2.75) is 39.8 Å². The molecule has 0 spiro atoms. The molecule has 0 saturated heterocycles. The molecule has 6 nitrogen and oxygen atoms in total. The molecule has 0 aliphatic carbocycles. The average molecular weight is 248 g/mol. The Morgan fingerprint density at radius 1 is 1.22 bits per heavy atom. The first-order valence-electron chi connectivity index (χ1n) is 6.22. The maximum atomic E-state index is 6.04. The fraction of sp³-hybridized carbons (Fsp3) is 0.583. The fourth-order valence-electron chi connectivity index (χ4n) is 1.62. The van der Waals surface area contributed by atoms with Gasteiger partial charge in [-0.1, -0.05) is 19.1 Å². The van der Waals surface area contributed by atoms with E-state index in [1.54, 1.807) is 4.68 Å². The summed E-state index contributed by atoms with van der Waals surface area (Å²) in [5.41, 5.74) is 6.84. The first kappa shape index (κ1) is 12.8. The quantitative estimate of drug-likeness (QED) is 0.893. The number of hydrogen-bond acceptors (Lipinski definition) is 4. The number of nitrogens with zero attached hydrogens (tertiary/aromatic N) is 5. The second kappa shape index (κ2) is 4.89. The van der Waals surface area contributed by atoms with Crippen LogP contribution in [0.4, 0.5) is 0 Å². The van der Waals surface area contributed by atoms with Gasteiger partial charge in [0.25, 0.3) is 0 Å². The van der Waals surface area contributed by atoms with Gasteiger partial charge in [-0.25, -0.2) is 4.68 Å². The summed E-state index contributed by atoms with van der Waals surface area (Å²) >= 11 is 0. The Bertz CT molecular complexity index is 510. The Hall–Kier alpha value is -1.69. The summed E-state index contributed by atoms with van der Waals surface area (Å²) in [6.07, 6.45) is 3.78. The molecular weight excluding hydrogens is 228 g/mol. The van der Waals surface area contributed by atoms with Crippen molar-refractivity contribution in [2.24, 2.45) is 11.7 Å². The lowest BCUT2D eigenvalue weighted by Crippen LogP contribution is -2.17. The summed E-state index contributed by atoms with van der Waals surface area (Å²) in [5.74, 6) is 1.10. The topological polar surface area (TPSA) is 74.5 Å². The predicted molar refractivity (Wildman–Crippen MR) is 69.3 cm³/mol. The zero-order valence-electron chi connectivity index (χ0n) is 11.3. The van der Waals surface area contributed by atoms with Gasteiger partial charge in [-0.15, -0.1) is 5.10 Å². The third-order valence-corrected chi connectivity index (χ3v) is 2.93. The summed E-state index contributed by atoms with van der Waals surface area (Å²) in [4.78, 5) is 0. The van der Waals surface area contributed by atoms with E-state index in [9.17, 15) is 0 Å². The third-order valence-electron chi connectivity index (χ3n) is 2.93. The van der Waals surface area contributed by atoms with E-state index in [0.717, 1.165) is 11.5 Å². The normalized spacial score (nSPS) is 13.5. The van der Waals surface area contributed by atoms with E-state index >= 15 is 0 Å². The summed E-state index contributed by atoms with van der Waals surface area (Å²) in [6.45, 7) is 8.30. The van der Waals surface area contributed by atoms with E-state index in [1.165, 1.54) is 0 Å². The maximum absolute atomic E-state index is 6.04. The Balaban J connectivity index is 2.23. The Labute approximate surface area is 107 Å². The van der Waals surface area contributed by atoms with Crippen LogP contribution in [0, 0.1) is 5.92 Å². The summed E-state index contributed by atoms with van der Waals surface area (Å²) in [6, 6.07) is 2.16. The van der Waals surface area contributed by atoms with Crippen LogP contribution in [0.1, 0.15) is 45.5 Å². The predicted octanol–water partition coefficient (Wildman–Crippen LogP) is 1.70. The van der Waals surface area contributed by atoms with Crippen molar-refractivity contribution >= 4 is 0 Å².